The molecule has 4 aromatic carbocycles. The van der Waals surface area contributed by atoms with Crippen molar-refractivity contribution in [3.8, 4) is 0 Å². The number of nitrogens with one attached hydrogen (secondary N) is 1. The molecule has 0 spiro atoms. The van der Waals surface area contributed by atoms with Gasteiger partial charge in [-0.25, -0.2) is 8.42 Å². The maximum Gasteiger partial charge on any atom is 0.264 e. The molecule has 0 fully saturated rings. The summed E-state index contributed by atoms with van der Waals surface area (Å²) in [6.45, 7) is 6.06. The zero-order valence-electron chi connectivity index (χ0n) is 25.6. The van der Waals surface area contributed by atoms with Gasteiger partial charge in [0, 0.05) is 19.5 Å². The molecule has 0 heterocycles. The Morgan fingerprint density at radius 3 is 2.02 bits per heavy atom. The van der Waals surface area contributed by atoms with E-state index in [2.05, 4.69) is 5.32 Å². The second-order valence-electron chi connectivity index (χ2n) is 11.0. The number of sulfonamides is 1. The summed E-state index contributed by atoms with van der Waals surface area (Å²) in [6, 6.07) is 31.7. The van der Waals surface area contributed by atoms with E-state index in [1.165, 1.54) is 17.0 Å². The summed E-state index contributed by atoms with van der Waals surface area (Å²) in [6.07, 6.45) is 2.01. The summed E-state index contributed by atoms with van der Waals surface area (Å²) in [5, 5.41) is 3.02. The van der Waals surface area contributed by atoms with E-state index in [0.29, 0.717) is 12.2 Å². The zero-order chi connectivity index (χ0) is 31.5. The van der Waals surface area contributed by atoms with Crippen molar-refractivity contribution in [2.75, 3.05) is 17.4 Å². The molecule has 4 rings (SSSR count). The Hall–Kier alpha value is -4.43. The number of benzene rings is 4. The van der Waals surface area contributed by atoms with Crippen LogP contribution in [0.15, 0.2) is 114 Å². The highest BCUT2D eigenvalue weighted by Crippen LogP contribution is 2.26. The highest BCUT2D eigenvalue weighted by molar-refractivity contribution is 7.92. The van der Waals surface area contributed by atoms with Gasteiger partial charge in [0.25, 0.3) is 10.0 Å². The monoisotopic (exact) mass is 611 g/mol. The van der Waals surface area contributed by atoms with Gasteiger partial charge in [0.1, 0.15) is 12.6 Å². The van der Waals surface area contributed by atoms with Crippen LogP contribution < -0.4 is 9.62 Å². The first-order chi connectivity index (χ1) is 21.2. The van der Waals surface area contributed by atoms with E-state index in [1.807, 2.05) is 81.4 Å². The molecule has 0 aromatic heterocycles. The summed E-state index contributed by atoms with van der Waals surface area (Å²) >= 11 is 0. The van der Waals surface area contributed by atoms with Crippen LogP contribution in [0.25, 0.3) is 0 Å². The normalized spacial score (nSPS) is 11.9. The fraction of sp³-hybridized carbons (Fsp3) is 0.278. The van der Waals surface area contributed by atoms with Crippen LogP contribution in [0.1, 0.15) is 42.0 Å². The van der Waals surface area contributed by atoms with Crippen molar-refractivity contribution in [3.63, 3.8) is 0 Å². The number of anilines is 1. The van der Waals surface area contributed by atoms with Crippen LogP contribution in [0.4, 0.5) is 5.69 Å². The minimum atomic E-state index is -4.12. The Bertz CT molecular complexity index is 1640. The van der Waals surface area contributed by atoms with E-state index in [9.17, 15) is 18.0 Å². The Morgan fingerprint density at radius 2 is 1.39 bits per heavy atom. The van der Waals surface area contributed by atoms with Gasteiger partial charge in [-0.15, -0.1) is 0 Å². The highest BCUT2D eigenvalue weighted by atomic mass is 32.2. The van der Waals surface area contributed by atoms with E-state index in [0.717, 1.165) is 39.4 Å². The van der Waals surface area contributed by atoms with E-state index in [1.54, 1.807) is 36.4 Å². The average Bonchev–Trinajstić information content (AvgIpc) is 3.02. The predicted octanol–water partition coefficient (Wildman–Crippen LogP) is 6.06. The lowest BCUT2D eigenvalue weighted by Crippen LogP contribution is -2.53. The second-order valence-corrected chi connectivity index (χ2v) is 12.9. The molecule has 0 bridgehead atoms. The van der Waals surface area contributed by atoms with Gasteiger partial charge in [-0.05, 0) is 61.2 Å². The van der Waals surface area contributed by atoms with E-state index in [4.69, 9.17) is 0 Å². The standard InChI is InChI=1S/C36H41N3O4S/c1-4-5-22-37-36(41)34(25-30-16-8-6-9-17-30)38(26-31-18-12-14-28(2)23-31)35(40)27-39(32-19-13-15-29(3)24-32)44(42,43)33-20-10-7-11-21-33/h6-21,23-24,34H,4-5,22,25-27H2,1-3H3,(H,37,41)/t34-/m0/s1. The summed E-state index contributed by atoms with van der Waals surface area (Å²) in [5.41, 5.74) is 4.01. The molecule has 0 saturated carbocycles. The Morgan fingerprint density at radius 1 is 0.773 bits per heavy atom. The third-order valence-corrected chi connectivity index (χ3v) is 9.22. The molecule has 4 aromatic rings. The van der Waals surface area contributed by atoms with Crippen molar-refractivity contribution >= 4 is 27.5 Å². The van der Waals surface area contributed by atoms with Crippen molar-refractivity contribution < 1.29 is 18.0 Å². The lowest BCUT2D eigenvalue weighted by Gasteiger charge is -2.34. The van der Waals surface area contributed by atoms with Gasteiger partial charge < -0.3 is 10.2 Å². The average molecular weight is 612 g/mol. The van der Waals surface area contributed by atoms with E-state index in [-0.39, 0.29) is 23.8 Å². The van der Waals surface area contributed by atoms with Crippen molar-refractivity contribution in [1.29, 1.82) is 0 Å². The fourth-order valence-corrected chi connectivity index (χ4v) is 6.53. The Kier molecular flexibility index (Phi) is 11.3. The molecule has 0 radical (unpaired) electrons. The number of hydrogen-bond donors (Lipinski definition) is 1. The highest BCUT2D eigenvalue weighted by Gasteiger charge is 2.34. The lowest BCUT2D eigenvalue weighted by molar-refractivity contribution is -0.140. The molecule has 0 aliphatic carbocycles. The molecule has 1 N–H and O–H groups in total. The van der Waals surface area contributed by atoms with Crippen LogP contribution in [0.3, 0.4) is 0 Å². The summed E-state index contributed by atoms with van der Waals surface area (Å²) in [7, 11) is -4.12. The van der Waals surface area contributed by atoms with Crippen LogP contribution in [-0.4, -0.2) is 44.3 Å². The van der Waals surface area contributed by atoms with Crippen molar-refractivity contribution in [2.45, 2.75) is 57.5 Å². The number of nitrogens with zero attached hydrogens (tertiary/aromatic N) is 2. The molecule has 2 amide bonds. The third-order valence-electron chi connectivity index (χ3n) is 7.44. The summed E-state index contributed by atoms with van der Waals surface area (Å²) in [5.74, 6) is -0.740. The first-order valence-electron chi connectivity index (χ1n) is 15.0. The molecule has 0 unspecified atom stereocenters. The molecular formula is C36H41N3O4S. The molecular weight excluding hydrogens is 570 g/mol. The molecule has 7 nitrogen and oxygen atoms in total. The largest absolute Gasteiger partial charge is 0.354 e. The minimum absolute atomic E-state index is 0.0812. The molecule has 0 aliphatic heterocycles. The maximum absolute atomic E-state index is 14.5. The molecule has 230 valence electrons. The number of aryl methyl sites for hydroxylation is 2. The first-order valence-corrected chi connectivity index (χ1v) is 16.4. The number of hydrogen-bond acceptors (Lipinski definition) is 4. The van der Waals surface area contributed by atoms with E-state index >= 15 is 0 Å². The number of rotatable bonds is 14. The van der Waals surface area contributed by atoms with Gasteiger partial charge in [-0.1, -0.05) is 104 Å². The molecule has 0 saturated heterocycles. The number of unbranched alkanes of at least 4 members (excludes halogenated alkanes) is 1. The van der Waals surface area contributed by atoms with Crippen LogP contribution in [-0.2, 0) is 32.6 Å². The predicted molar refractivity (Wildman–Crippen MR) is 176 cm³/mol. The van der Waals surface area contributed by atoms with Crippen LogP contribution >= 0.6 is 0 Å². The maximum atomic E-state index is 14.5. The van der Waals surface area contributed by atoms with Gasteiger partial charge in [-0.3, -0.25) is 13.9 Å². The van der Waals surface area contributed by atoms with Crippen molar-refractivity contribution in [2.24, 2.45) is 0 Å². The molecule has 0 aliphatic rings. The van der Waals surface area contributed by atoms with Crippen LogP contribution in [0.5, 0.6) is 0 Å². The SMILES string of the molecule is CCCCNC(=O)[C@H](Cc1ccccc1)N(Cc1cccc(C)c1)C(=O)CN(c1cccc(C)c1)S(=O)(=O)c1ccccc1. The van der Waals surface area contributed by atoms with Crippen molar-refractivity contribution in [1.82, 2.24) is 10.2 Å². The number of carbonyl (C=O) groups is 2. The minimum Gasteiger partial charge on any atom is -0.354 e. The number of carbonyl (C=O) groups excluding carboxylic acids is 2. The van der Waals surface area contributed by atoms with Crippen LogP contribution in [0.2, 0.25) is 0 Å². The van der Waals surface area contributed by atoms with E-state index < -0.39 is 28.5 Å². The zero-order valence-corrected chi connectivity index (χ0v) is 26.5. The lowest BCUT2D eigenvalue weighted by atomic mass is 10.0. The smallest absolute Gasteiger partial charge is 0.264 e. The summed E-state index contributed by atoms with van der Waals surface area (Å²) in [4.78, 5) is 29.9. The van der Waals surface area contributed by atoms with Gasteiger partial charge in [0.2, 0.25) is 11.8 Å². The molecule has 1 atom stereocenters. The molecule has 44 heavy (non-hydrogen) atoms. The first kappa shape index (κ1) is 32.5. The Balaban J connectivity index is 1.78. The fourth-order valence-electron chi connectivity index (χ4n) is 5.10. The van der Waals surface area contributed by atoms with Crippen LogP contribution in [0, 0.1) is 13.8 Å². The quantitative estimate of drug-likeness (QED) is 0.176. The van der Waals surface area contributed by atoms with Crippen molar-refractivity contribution in [3.05, 3.63) is 131 Å². The molecule has 8 heteroatoms. The van der Waals surface area contributed by atoms with Gasteiger partial charge in [0.15, 0.2) is 0 Å². The van der Waals surface area contributed by atoms with Gasteiger partial charge >= 0.3 is 0 Å². The number of amides is 2. The summed E-state index contributed by atoms with van der Waals surface area (Å²) < 4.78 is 29.2. The second kappa shape index (κ2) is 15.3. The third kappa shape index (κ3) is 8.57. The van der Waals surface area contributed by atoms with Gasteiger partial charge in [-0.2, -0.15) is 0 Å². The Labute approximate surface area is 261 Å². The van der Waals surface area contributed by atoms with Gasteiger partial charge in [0.05, 0.1) is 10.6 Å². The topological polar surface area (TPSA) is 86.8 Å².